The molecule has 1 aromatic rings. The van der Waals surface area contributed by atoms with E-state index in [9.17, 15) is 5.11 Å². The molecular formula is C15H23NO3. The summed E-state index contributed by atoms with van der Waals surface area (Å²) in [6, 6.07) is 7.41. The molecule has 0 aliphatic rings. The Morgan fingerprint density at radius 1 is 1.37 bits per heavy atom. The van der Waals surface area contributed by atoms with Gasteiger partial charge in [0.25, 0.3) is 0 Å². The predicted molar refractivity (Wildman–Crippen MR) is 76.5 cm³/mol. The molecule has 0 spiro atoms. The molecule has 1 unspecified atom stereocenters. The summed E-state index contributed by atoms with van der Waals surface area (Å²) in [6.07, 6.45) is -0.521. The highest BCUT2D eigenvalue weighted by Crippen LogP contribution is 2.16. The Morgan fingerprint density at radius 3 is 2.63 bits per heavy atom. The summed E-state index contributed by atoms with van der Waals surface area (Å²) in [6.45, 7) is 8.10. The van der Waals surface area contributed by atoms with Crippen LogP contribution in [-0.4, -0.2) is 38.5 Å². The van der Waals surface area contributed by atoms with E-state index in [0.29, 0.717) is 26.3 Å². The first-order valence-corrected chi connectivity index (χ1v) is 6.38. The van der Waals surface area contributed by atoms with Gasteiger partial charge in [0.1, 0.15) is 5.75 Å². The number of methoxy groups -OCH3 is 1. The van der Waals surface area contributed by atoms with Crippen LogP contribution in [0.3, 0.4) is 0 Å². The molecule has 4 heteroatoms. The maximum absolute atomic E-state index is 9.97. The van der Waals surface area contributed by atoms with Crippen LogP contribution >= 0.6 is 0 Å². The second-order valence-corrected chi connectivity index (χ2v) is 4.50. The molecule has 0 heterocycles. The second-order valence-electron chi connectivity index (χ2n) is 4.50. The zero-order valence-corrected chi connectivity index (χ0v) is 11.7. The molecule has 0 aliphatic heterocycles. The van der Waals surface area contributed by atoms with Crippen LogP contribution in [0.1, 0.15) is 18.6 Å². The molecule has 4 nitrogen and oxygen atoms in total. The number of nitrogens with one attached hydrogen (secondary N) is 1. The van der Waals surface area contributed by atoms with Gasteiger partial charge in [-0.25, -0.2) is 0 Å². The van der Waals surface area contributed by atoms with E-state index in [1.807, 2.05) is 31.2 Å². The number of aliphatic hydroxyl groups excluding tert-OH is 1. The fourth-order valence-electron chi connectivity index (χ4n) is 1.57. The molecule has 1 rings (SSSR count). The summed E-state index contributed by atoms with van der Waals surface area (Å²) in [4.78, 5) is 0. The van der Waals surface area contributed by atoms with Gasteiger partial charge in [-0.15, -0.1) is 0 Å². The number of benzene rings is 1. The zero-order valence-electron chi connectivity index (χ0n) is 11.7. The van der Waals surface area contributed by atoms with Crippen molar-refractivity contribution in [3.8, 4) is 5.75 Å². The largest absolute Gasteiger partial charge is 0.497 e. The van der Waals surface area contributed by atoms with Crippen LogP contribution in [0.15, 0.2) is 36.4 Å². The topological polar surface area (TPSA) is 50.7 Å². The zero-order chi connectivity index (χ0) is 14.1. The first-order chi connectivity index (χ1) is 9.13. The quantitative estimate of drug-likeness (QED) is 0.529. The number of aliphatic hydroxyl groups is 1. The minimum atomic E-state index is -0.521. The van der Waals surface area contributed by atoms with E-state index in [1.165, 1.54) is 0 Å². The monoisotopic (exact) mass is 265 g/mol. The Labute approximate surface area is 115 Å². The molecule has 0 radical (unpaired) electrons. The van der Waals surface area contributed by atoms with Gasteiger partial charge in [-0.05, 0) is 24.6 Å². The molecule has 0 aromatic heterocycles. The molecule has 0 saturated heterocycles. The fraction of sp³-hybridized carbons (Fsp3) is 0.467. The third-order valence-corrected chi connectivity index (χ3v) is 2.61. The molecule has 0 fully saturated rings. The van der Waals surface area contributed by atoms with Crippen LogP contribution in [0.25, 0.3) is 0 Å². The van der Waals surface area contributed by atoms with E-state index in [2.05, 4.69) is 11.9 Å². The van der Waals surface area contributed by atoms with Crippen molar-refractivity contribution in [2.75, 3.05) is 33.4 Å². The molecule has 2 N–H and O–H groups in total. The summed E-state index contributed by atoms with van der Waals surface area (Å²) in [5.74, 6) is 0.789. The van der Waals surface area contributed by atoms with Crippen molar-refractivity contribution in [2.45, 2.75) is 13.0 Å². The van der Waals surface area contributed by atoms with Gasteiger partial charge in [0.15, 0.2) is 0 Å². The van der Waals surface area contributed by atoms with Gasteiger partial charge in [-0.2, -0.15) is 0 Å². The molecule has 0 amide bonds. The van der Waals surface area contributed by atoms with Crippen molar-refractivity contribution in [2.24, 2.45) is 0 Å². The molecule has 19 heavy (non-hydrogen) atoms. The highest BCUT2D eigenvalue weighted by molar-refractivity contribution is 5.28. The van der Waals surface area contributed by atoms with E-state index in [4.69, 9.17) is 9.47 Å². The van der Waals surface area contributed by atoms with Crippen LogP contribution in [-0.2, 0) is 4.74 Å². The highest BCUT2D eigenvalue weighted by Gasteiger charge is 2.06. The minimum absolute atomic E-state index is 0.503. The summed E-state index contributed by atoms with van der Waals surface area (Å²) in [7, 11) is 1.62. The van der Waals surface area contributed by atoms with Gasteiger partial charge < -0.3 is 19.9 Å². The molecule has 0 saturated carbocycles. The SMILES string of the molecule is C=C(C)COCCNCC(O)c1ccc(OC)cc1. The van der Waals surface area contributed by atoms with E-state index >= 15 is 0 Å². The van der Waals surface area contributed by atoms with Gasteiger partial charge in [-0.3, -0.25) is 0 Å². The van der Waals surface area contributed by atoms with Crippen LogP contribution in [0.4, 0.5) is 0 Å². The predicted octanol–water partition coefficient (Wildman–Crippen LogP) is 1.91. The van der Waals surface area contributed by atoms with Crippen LogP contribution < -0.4 is 10.1 Å². The number of hydrogen-bond donors (Lipinski definition) is 2. The number of ether oxygens (including phenoxy) is 2. The lowest BCUT2D eigenvalue weighted by Gasteiger charge is -2.13. The van der Waals surface area contributed by atoms with Gasteiger partial charge >= 0.3 is 0 Å². The average Bonchev–Trinajstić information content (AvgIpc) is 2.42. The number of hydrogen-bond acceptors (Lipinski definition) is 4. The Bertz CT molecular complexity index is 375. The molecular weight excluding hydrogens is 242 g/mol. The van der Waals surface area contributed by atoms with Gasteiger partial charge in [0.2, 0.25) is 0 Å². The highest BCUT2D eigenvalue weighted by atomic mass is 16.5. The average molecular weight is 265 g/mol. The van der Waals surface area contributed by atoms with Gasteiger partial charge in [-0.1, -0.05) is 24.3 Å². The summed E-state index contributed by atoms with van der Waals surface area (Å²) >= 11 is 0. The summed E-state index contributed by atoms with van der Waals surface area (Å²) in [5, 5.41) is 13.1. The molecule has 106 valence electrons. The lowest BCUT2D eigenvalue weighted by Crippen LogP contribution is -2.25. The van der Waals surface area contributed by atoms with Crippen molar-refractivity contribution in [1.82, 2.24) is 5.32 Å². The molecule has 1 aromatic carbocycles. The Morgan fingerprint density at radius 2 is 2.05 bits per heavy atom. The van der Waals surface area contributed by atoms with Crippen molar-refractivity contribution in [3.63, 3.8) is 0 Å². The molecule has 0 bridgehead atoms. The Kier molecular flexibility index (Phi) is 7.18. The smallest absolute Gasteiger partial charge is 0.118 e. The first kappa shape index (κ1) is 15.7. The van der Waals surface area contributed by atoms with Crippen molar-refractivity contribution >= 4 is 0 Å². The maximum atomic E-state index is 9.97. The van der Waals surface area contributed by atoms with Crippen LogP contribution in [0.2, 0.25) is 0 Å². The lowest BCUT2D eigenvalue weighted by molar-refractivity contribution is 0.143. The van der Waals surface area contributed by atoms with E-state index in [-0.39, 0.29) is 0 Å². The summed E-state index contributed by atoms with van der Waals surface area (Å²) < 4.78 is 10.4. The standard InChI is InChI=1S/C15H23NO3/c1-12(2)11-19-9-8-16-10-15(17)13-4-6-14(18-3)7-5-13/h4-7,15-17H,1,8-11H2,2-3H3. The van der Waals surface area contributed by atoms with Crippen molar-refractivity contribution in [1.29, 1.82) is 0 Å². The molecule has 1 atom stereocenters. The normalized spacial score (nSPS) is 12.2. The van der Waals surface area contributed by atoms with E-state index < -0.39 is 6.10 Å². The van der Waals surface area contributed by atoms with Crippen molar-refractivity contribution < 1.29 is 14.6 Å². The van der Waals surface area contributed by atoms with E-state index in [1.54, 1.807) is 7.11 Å². The lowest BCUT2D eigenvalue weighted by atomic mass is 10.1. The first-order valence-electron chi connectivity index (χ1n) is 6.38. The second kappa shape index (κ2) is 8.69. The third-order valence-electron chi connectivity index (χ3n) is 2.61. The van der Waals surface area contributed by atoms with Gasteiger partial charge in [0.05, 0.1) is 26.4 Å². The fourth-order valence-corrected chi connectivity index (χ4v) is 1.57. The Balaban J connectivity index is 2.19. The van der Waals surface area contributed by atoms with E-state index in [0.717, 1.165) is 16.9 Å². The van der Waals surface area contributed by atoms with Gasteiger partial charge in [0, 0.05) is 13.1 Å². The Hall–Kier alpha value is -1.36. The minimum Gasteiger partial charge on any atom is -0.497 e. The molecule has 0 aliphatic carbocycles. The van der Waals surface area contributed by atoms with Crippen LogP contribution in [0, 0.1) is 0 Å². The van der Waals surface area contributed by atoms with Crippen LogP contribution in [0.5, 0.6) is 5.75 Å². The third kappa shape index (κ3) is 6.38. The maximum Gasteiger partial charge on any atom is 0.118 e. The number of rotatable bonds is 9. The summed E-state index contributed by atoms with van der Waals surface area (Å²) in [5.41, 5.74) is 1.88. The van der Waals surface area contributed by atoms with Crippen molar-refractivity contribution in [3.05, 3.63) is 42.0 Å².